The zero-order valence-electron chi connectivity index (χ0n) is 19.1. The first kappa shape index (κ1) is 26.6. The van der Waals surface area contributed by atoms with Crippen molar-refractivity contribution in [2.45, 2.75) is 39.7 Å². The molecule has 172 valence electrons. The van der Waals surface area contributed by atoms with Gasteiger partial charge in [0.25, 0.3) is 0 Å². The Morgan fingerprint density at radius 3 is 2.17 bits per heavy atom. The molecule has 0 spiro atoms. The van der Waals surface area contributed by atoms with E-state index in [2.05, 4.69) is 29.4 Å². The van der Waals surface area contributed by atoms with Gasteiger partial charge in [-0.1, -0.05) is 6.92 Å². The third-order valence-electron chi connectivity index (χ3n) is 5.49. The van der Waals surface area contributed by atoms with Gasteiger partial charge in [0.15, 0.2) is 17.5 Å². The molecule has 0 unspecified atom stereocenters. The van der Waals surface area contributed by atoms with Crippen molar-refractivity contribution in [2.75, 3.05) is 54.1 Å². The van der Waals surface area contributed by atoms with Crippen molar-refractivity contribution in [2.24, 2.45) is 10.9 Å². The number of likely N-dealkylation sites (tertiary alicyclic amines) is 1. The Hall–Kier alpha value is -1.42. The lowest BCUT2D eigenvalue weighted by Gasteiger charge is -2.31. The highest BCUT2D eigenvalue weighted by Gasteiger charge is 2.17. The number of rotatable bonds is 10. The number of halogens is 1. The third-order valence-corrected chi connectivity index (χ3v) is 5.49. The zero-order valence-corrected chi connectivity index (χ0v) is 21.5. The molecule has 0 aromatic heterocycles. The van der Waals surface area contributed by atoms with Crippen LogP contribution >= 0.6 is 24.0 Å². The third kappa shape index (κ3) is 8.02. The molecule has 0 radical (unpaired) electrons. The molecule has 2 N–H and O–H groups in total. The molecule has 1 aliphatic rings. The molecule has 1 saturated heterocycles. The summed E-state index contributed by atoms with van der Waals surface area (Å²) in [6.07, 6.45) is 3.79. The lowest BCUT2D eigenvalue weighted by molar-refractivity contribution is 0.187. The van der Waals surface area contributed by atoms with Crippen LogP contribution in [0.1, 0.15) is 38.7 Å². The molecule has 0 amide bonds. The molecule has 2 rings (SSSR count). The van der Waals surface area contributed by atoms with E-state index >= 15 is 0 Å². The molecule has 0 aliphatic carbocycles. The van der Waals surface area contributed by atoms with Crippen LogP contribution < -0.4 is 24.8 Å². The number of methoxy groups -OCH3 is 3. The second-order valence-electron chi connectivity index (χ2n) is 7.32. The van der Waals surface area contributed by atoms with Gasteiger partial charge in [0.05, 0.1) is 27.9 Å². The largest absolute Gasteiger partial charge is 0.493 e. The number of piperidine rings is 1. The standard InChI is InChI=1S/C22H38N4O3.HI/c1-6-23-22(24-11-8-17-9-12-26(7-2)13-10-17)25-16-18-14-19(27-3)21(29-5)20(15-18)28-4;/h14-15,17H,6-13,16H2,1-5H3,(H2,23,24,25);1H. The van der Waals surface area contributed by atoms with E-state index in [-0.39, 0.29) is 24.0 Å². The molecule has 8 heteroatoms. The lowest BCUT2D eigenvalue weighted by atomic mass is 9.93. The van der Waals surface area contributed by atoms with E-state index in [1.54, 1.807) is 21.3 Å². The van der Waals surface area contributed by atoms with Gasteiger partial charge in [0.1, 0.15) is 0 Å². The van der Waals surface area contributed by atoms with Crippen molar-refractivity contribution in [1.29, 1.82) is 0 Å². The molecular formula is C22H39IN4O3. The van der Waals surface area contributed by atoms with Crippen LogP contribution in [0.2, 0.25) is 0 Å². The van der Waals surface area contributed by atoms with E-state index < -0.39 is 0 Å². The van der Waals surface area contributed by atoms with Crippen molar-refractivity contribution >= 4 is 29.9 Å². The van der Waals surface area contributed by atoms with Crippen LogP contribution in [0.15, 0.2) is 17.1 Å². The van der Waals surface area contributed by atoms with Gasteiger partial charge >= 0.3 is 0 Å². The van der Waals surface area contributed by atoms with E-state index in [0.717, 1.165) is 30.5 Å². The van der Waals surface area contributed by atoms with Gasteiger partial charge in [0, 0.05) is 13.1 Å². The van der Waals surface area contributed by atoms with Gasteiger partial charge in [-0.25, -0.2) is 4.99 Å². The summed E-state index contributed by atoms with van der Waals surface area (Å²) in [5.41, 5.74) is 1.00. The summed E-state index contributed by atoms with van der Waals surface area (Å²) in [7, 11) is 4.86. The molecule has 7 nitrogen and oxygen atoms in total. The highest BCUT2D eigenvalue weighted by Crippen LogP contribution is 2.38. The van der Waals surface area contributed by atoms with Crippen LogP contribution in [0.3, 0.4) is 0 Å². The predicted octanol–water partition coefficient (Wildman–Crippen LogP) is 3.51. The Bertz CT molecular complexity index is 624. The molecule has 1 fully saturated rings. The summed E-state index contributed by atoms with van der Waals surface area (Å²) in [4.78, 5) is 7.27. The molecule has 1 aliphatic heterocycles. The normalized spacial score (nSPS) is 15.3. The van der Waals surface area contributed by atoms with Crippen molar-refractivity contribution < 1.29 is 14.2 Å². The fourth-order valence-electron chi connectivity index (χ4n) is 3.72. The Morgan fingerprint density at radius 1 is 1.03 bits per heavy atom. The molecule has 1 aromatic rings. The van der Waals surface area contributed by atoms with Crippen LogP contribution in [0, 0.1) is 5.92 Å². The fraction of sp³-hybridized carbons (Fsp3) is 0.682. The van der Waals surface area contributed by atoms with Gasteiger partial charge in [-0.15, -0.1) is 24.0 Å². The number of hydrogen-bond donors (Lipinski definition) is 2. The Morgan fingerprint density at radius 2 is 1.67 bits per heavy atom. The molecular weight excluding hydrogens is 495 g/mol. The maximum atomic E-state index is 5.43. The summed E-state index contributed by atoms with van der Waals surface area (Å²) < 4.78 is 16.3. The minimum Gasteiger partial charge on any atom is -0.493 e. The number of guanidine groups is 1. The summed E-state index contributed by atoms with van der Waals surface area (Å²) in [5.74, 6) is 3.54. The van der Waals surface area contributed by atoms with E-state index in [1.807, 2.05) is 12.1 Å². The zero-order chi connectivity index (χ0) is 21.1. The highest BCUT2D eigenvalue weighted by molar-refractivity contribution is 14.0. The number of hydrogen-bond acceptors (Lipinski definition) is 5. The molecule has 0 atom stereocenters. The number of aliphatic imine (C=N–C) groups is 1. The van der Waals surface area contributed by atoms with Gasteiger partial charge in [-0.3, -0.25) is 0 Å². The molecule has 1 heterocycles. The van der Waals surface area contributed by atoms with E-state index in [0.29, 0.717) is 23.8 Å². The smallest absolute Gasteiger partial charge is 0.203 e. The maximum Gasteiger partial charge on any atom is 0.203 e. The predicted molar refractivity (Wildman–Crippen MR) is 134 cm³/mol. The van der Waals surface area contributed by atoms with E-state index in [9.17, 15) is 0 Å². The van der Waals surface area contributed by atoms with Crippen molar-refractivity contribution in [3.63, 3.8) is 0 Å². The number of ether oxygens (including phenoxy) is 3. The minimum atomic E-state index is 0. The van der Waals surface area contributed by atoms with Crippen molar-refractivity contribution in [3.05, 3.63) is 17.7 Å². The van der Waals surface area contributed by atoms with E-state index in [4.69, 9.17) is 19.2 Å². The first-order valence-corrected chi connectivity index (χ1v) is 10.7. The van der Waals surface area contributed by atoms with Crippen molar-refractivity contribution in [1.82, 2.24) is 15.5 Å². The van der Waals surface area contributed by atoms with Gasteiger partial charge in [0.2, 0.25) is 5.75 Å². The Kier molecular flexibility index (Phi) is 12.9. The molecule has 30 heavy (non-hydrogen) atoms. The minimum absolute atomic E-state index is 0. The monoisotopic (exact) mass is 534 g/mol. The average Bonchev–Trinajstić information content (AvgIpc) is 2.77. The molecule has 0 saturated carbocycles. The van der Waals surface area contributed by atoms with Gasteiger partial charge < -0.3 is 29.7 Å². The second-order valence-corrected chi connectivity index (χ2v) is 7.32. The highest BCUT2D eigenvalue weighted by atomic mass is 127. The number of nitrogens with one attached hydrogen (secondary N) is 2. The van der Waals surface area contributed by atoms with Crippen LogP contribution in [-0.4, -0.2) is 64.9 Å². The first-order chi connectivity index (χ1) is 14.1. The summed E-state index contributed by atoms with van der Waals surface area (Å²) in [6.45, 7) is 10.3. The van der Waals surface area contributed by atoms with Crippen LogP contribution in [0.25, 0.3) is 0 Å². The van der Waals surface area contributed by atoms with E-state index in [1.165, 1.54) is 38.9 Å². The second kappa shape index (κ2) is 14.6. The quantitative estimate of drug-likeness (QED) is 0.272. The van der Waals surface area contributed by atoms with Crippen LogP contribution in [0.5, 0.6) is 17.2 Å². The SMILES string of the molecule is CCNC(=NCc1cc(OC)c(OC)c(OC)c1)NCCC1CCN(CC)CC1.I. The van der Waals surface area contributed by atoms with Gasteiger partial charge in [-0.05, 0) is 69.4 Å². The average molecular weight is 534 g/mol. The van der Waals surface area contributed by atoms with Gasteiger partial charge in [-0.2, -0.15) is 0 Å². The summed E-state index contributed by atoms with van der Waals surface area (Å²) in [5, 5.41) is 6.81. The Balaban J connectivity index is 0.00000450. The number of benzene rings is 1. The van der Waals surface area contributed by atoms with Crippen LogP contribution in [0.4, 0.5) is 0 Å². The fourth-order valence-corrected chi connectivity index (χ4v) is 3.72. The van der Waals surface area contributed by atoms with Crippen LogP contribution in [-0.2, 0) is 6.54 Å². The first-order valence-electron chi connectivity index (χ1n) is 10.7. The topological polar surface area (TPSA) is 67.4 Å². The molecule has 0 bridgehead atoms. The Labute approximate surface area is 199 Å². The maximum absolute atomic E-state index is 5.43. The van der Waals surface area contributed by atoms with Crippen molar-refractivity contribution in [3.8, 4) is 17.2 Å². The lowest BCUT2D eigenvalue weighted by Crippen LogP contribution is -2.39. The number of nitrogens with zero attached hydrogens (tertiary/aromatic N) is 2. The summed E-state index contributed by atoms with van der Waals surface area (Å²) in [6, 6.07) is 3.88. The summed E-state index contributed by atoms with van der Waals surface area (Å²) >= 11 is 0. The molecule has 1 aromatic carbocycles.